The molecule has 0 aliphatic rings. The van der Waals surface area contributed by atoms with Crippen molar-refractivity contribution in [3.8, 4) is 6.07 Å². The third-order valence-electron chi connectivity index (χ3n) is 3.14. The van der Waals surface area contributed by atoms with E-state index in [1.807, 2.05) is 0 Å². The number of alkyl halides is 6. The Morgan fingerprint density at radius 2 is 1.88 bits per heavy atom. The molecule has 0 aliphatic carbocycles. The first kappa shape index (κ1) is 19.6. The van der Waals surface area contributed by atoms with Gasteiger partial charge in [0.25, 0.3) is 0 Å². The predicted octanol–water partition coefficient (Wildman–Crippen LogP) is 3.07. The Morgan fingerprint density at radius 3 is 2.29 bits per heavy atom. The molecule has 0 heterocycles. The molecule has 0 saturated heterocycles. The van der Waals surface area contributed by atoms with Crippen molar-refractivity contribution in [3.63, 3.8) is 0 Å². The molecule has 0 aromatic heterocycles. The SMILES string of the molecule is CC(CN(CC(F)(F)F)c1ccc(C#N)c(C(F)(F)F)c1)C(N)=O. The van der Waals surface area contributed by atoms with E-state index in [9.17, 15) is 31.1 Å². The number of nitrogens with zero attached hydrogens (tertiary/aromatic N) is 2. The van der Waals surface area contributed by atoms with Crippen molar-refractivity contribution in [2.75, 3.05) is 18.0 Å². The fourth-order valence-corrected chi connectivity index (χ4v) is 1.96. The number of hydrogen-bond acceptors (Lipinski definition) is 3. The highest BCUT2D eigenvalue weighted by molar-refractivity contribution is 5.77. The molecule has 0 fully saturated rings. The van der Waals surface area contributed by atoms with Crippen LogP contribution in [-0.4, -0.2) is 25.2 Å². The molecule has 1 amide bonds. The Bertz CT molecular complexity index is 647. The first-order valence-electron chi connectivity index (χ1n) is 6.57. The summed E-state index contributed by atoms with van der Waals surface area (Å²) in [5.74, 6) is -1.90. The minimum absolute atomic E-state index is 0.410. The number of rotatable bonds is 5. The van der Waals surface area contributed by atoms with Gasteiger partial charge >= 0.3 is 12.4 Å². The highest BCUT2D eigenvalue weighted by Gasteiger charge is 2.36. The van der Waals surface area contributed by atoms with Crippen LogP contribution in [0.1, 0.15) is 18.1 Å². The zero-order chi connectivity index (χ0) is 18.7. The number of carbonyl (C=O) groups is 1. The number of benzene rings is 1. The van der Waals surface area contributed by atoms with Crippen LogP contribution in [-0.2, 0) is 11.0 Å². The minimum atomic E-state index is -4.90. The van der Waals surface area contributed by atoms with Crippen LogP contribution in [0.5, 0.6) is 0 Å². The largest absolute Gasteiger partial charge is 0.417 e. The number of primary amides is 1. The van der Waals surface area contributed by atoms with Gasteiger partial charge in [0.1, 0.15) is 6.54 Å². The Kier molecular flexibility index (Phi) is 5.71. The standard InChI is InChI=1S/C14H13F6N3O/c1-8(12(22)24)6-23(7-13(15,16)17)10-3-2-9(5-21)11(4-10)14(18,19)20/h2-4,8H,6-7H2,1H3,(H2,22,24). The number of anilines is 1. The summed E-state index contributed by atoms with van der Waals surface area (Å²) in [6, 6.07) is 3.55. The molecule has 0 radical (unpaired) electrons. The monoisotopic (exact) mass is 353 g/mol. The van der Waals surface area contributed by atoms with Crippen molar-refractivity contribution in [1.82, 2.24) is 0 Å². The molecule has 24 heavy (non-hydrogen) atoms. The molecule has 1 unspecified atom stereocenters. The first-order chi connectivity index (χ1) is 10.8. The molecule has 1 aromatic rings. The first-order valence-corrected chi connectivity index (χ1v) is 6.57. The van der Waals surface area contributed by atoms with Gasteiger partial charge in [0, 0.05) is 12.2 Å². The van der Waals surface area contributed by atoms with E-state index in [1.165, 1.54) is 13.0 Å². The van der Waals surface area contributed by atoms with Crippen molar-refractivity contribution >= 4 is 11.6 Å². The second-order valence-corrected chi connectivity index (χ2v) is 5.14. The van der Waals surface area contributed by atoms with E-state index in [1.54, 1.807) is 0 Å². The Balaban J connectivity index is 3.32. The number of halogens is 6. The number of amides is 1. The van der Waals surface area contributed by atoms with Gasteiger partial charge in [0.05, 0.1) is 23.1 Å². The third kappa shape index (κ3) is 5.33. The van der Waals surface area contributed by atoms with Gasteiger partial charge in [0.2, 0.25) is 5.91 Å². The van der Waals surface area contributed by atoms with Gasteiger partial charge < -0.3 is 10.6 Å². The number of nitrogens with two attached hydrogens (primary N) is 1. The molecule has 132 valence electrons. The summed E-state index contributed by atoms with van der Waals surface area (Å²) in [6.07, 6.45) is -9.61. The Morgan fingerprint density at radius 1 is 1.29 bits per heavy atom. The van der Waals surface area contributed by atoms with Crippen LogP contribution in [0.2, 0.25) is 0 Å². The topological polar surface area (TPSA) is 70.1 Å². The molecular formula is C14H13F6N3O. The van der Waals surface area contributed by atoms with Gasteiger partial charge in [-0.2, -0.15) is 31.6 Å². The van der Waals surface area contributed by atoms with Crippen molar-refractivity contribution < 1.29 is 31.1 Å². The minimum Gasteiger partial charge on any atom is -0.369 e. The van der Waals surface area contributed by atoms with Crippen molar-refractivity contribution in [1.29, 1.82) is 5.26 Å². The maximum absolute atomic E-state index is 12.9. The second-order valence-electron chi connectivity index (χ2n) is 5.14. The van der Waals surface area contributed by atoms with Crippen LogP contribution >= 0.6 is 0 Å². The lowest BCUT2D eigenvalue weighted by atomic mass is 10.1. The fourth-order valence-electron chi connectivity index (χ4n) is 1.96. The van der Waals surface area contributed by atoms with Gasteiger partial charge in [-0.25, -0.2) is 0 Å². The van der Waals surface area contributed by atoms with E-state index in [4.69, 9.17) is 11.0 Å². The third-order valence-corrected chi connectivity index (χ3v) is 3.14. The van der Waals surface area contributed by atoms with Crippen LogP contribution < -0.4 is 10.6 Å². The molecule has 0 saturated carbocycles. The van der Waals surface area contributed by atoms with Gasteiger partial charge in [-0.3, -0.25) is 4.79 Å². The predicted molar refractivity (Wildman–Crippen MR) is 72.8 cm³/mol. The summed E-state index contributed by atoms with van der Waals surface area (Å²) in [7, 11) is 0. The molecule has 1 rings (SSSR count). The summed E-state index contributed by atoms with van der Waals surface area (Å²) in [4.78, 5) is 11.6. The summed E-state index contributed by atoms with van der Waals surface area (Å²) in [5.41, 5.74) is 2.54. The second kappa shape index (κ2) is 6.98. The van der Waals surface area contributed by atoms with Crippen molar-refractivity contribution in [2.24, 2.45) is 11.7 Å². The van der Waals surface area contributed by atoms with Gasteiger partial charge in [-0.05, 0) is 18.2 Å². The summed E-state index contributed by atoms with van der Waals surface area (Å²) < 4.78 is 76.9. The normalized spacial score (nSPS) is 13.2. The molecule has 10 heteroatoms. The van der Waals surface area contributed by atoms with Crippen molar-refractivity contribution in [2.45, 2.75) is 19.3 Å². The molecule has 1 atom stereocenters. The highest BCUT2D eigenvalue weighted by Crippen LogP contribution is 2.35. The number of nitriles is 1. The summed E-state index contributed by atoms with van der Waals surface area (Å²) >= 11 is 0. The highest BCUT2D eigenvalue weighted by atomic mass is 19.4. The zero-order valence-electron chi connectivity index (χ0n) is 12.4. The molecule has 1 aromatic carbocycles. The van der Waals surface area contributed by atoms with E-state index in [0.717, 1.165) is 12.1 Å². The molecule has 0 aliphatic heterocycles. The smallest absolute Gasteiger partial charge is 0.369 e. The van der Waals surface area contributed by atoms with Crippen LogP contribution in [0.15, 0.2) is 18.2 Å². The lowest BCUT2D eigenvalue weighted by molar-refractivity contribution is -0.137. The van der Waals surface area contributed by atoms with E-state index in [0.29, 0.717) is 11.0 Å². The molecule has 2 N–H and O–H groups in total. The van der Waals surface area contributed by atoms with Crippen LogP contribution in [0.25, 0.3) is 0 Å². The summed E-state index contributed by atoms with van der Waals surface area (Å²) in [5, 5.41) is 8.71. The van der Waals surface area contributed by atoms with E-state index >= 15 is 0 Å². The fraction of sp³-hybridized carbons (Fsp3) is 0.429. The number of carbonyl (C=O) groups excluding carboxylic acids is 1. The lowest BCUT2D eigenvalue weighted by Crippen LogP contribution is -2.40. The number of hydrogen-bond donors (Lipinski definition) is 1. The summed E-state index contributed by atoms with van der Waals surface area (Å²) in [6.45, 7) is -0.814. The molecule has 4 nitrogen and oxygen atoms in total. The average molecular weight is 353 g/mol. The van der Waals surface area contributed by atoms with Crippen LogP contribution in [0.3, 0.4) is 0 Å². The Hall–Kier alpha value is -2.44. The quantitative estimate of drug-likeness (QED) is 0.827. The zero-order valence-corrected chi connectivity index (χ0v) is 12.4. The van der Waals surface area contributed by atoms with Crippen LogP contribution in [0.4, 0.5) is 32.0 Å². The average Bonchev–Trinajstić information content (AvgIpc) is 2.43. The van der Waals surface area contributed by atoms with Gasteiger partial charge in [0.15, 0.2) is 0 Å². The van der Waals surface area contributed by atoms with Gasteiger partial charge in [-0.15, -0.1) is 0 Å². The molecule has 0 spiro atoms. The van der Waals surface area contributed by atoms with Gasteiger partial charge in [-0.1, -0.05) is 6.92 Å². The lowest BCUT2D eigenvalue weighted by Gasteiger charge is -2.28. The maximum Gasteiger partial charge on any atom is 0.417 e. The molecular weight excluding hydrogens is 340 g/mol. The van der Waals surface area contributed by atoms with E-state index in [-0.39, 0.29) is 0 Å². The Labute approximate surface area is 133 Å². The van der Waals surface area contributed by atoms with E-state index < -0.39 is 54.1 Å². The van der Waals surface area contributed by atoms with E-state index in [2.05, 4.69) is 0 Å². The maximum atomic E-state index is 12.9. The van der Waals surface area contributed by atoms with Crippen LogP contribution in [0, 0.1) is 17.2 Å². The molecule has 0 bridgehead atoms. The van der Waals surface area contributed by atoms with Crippen molar-refractivity contribution in [3.05, 3.63) is 29.3 Å².